The molecule has 0 atom stereocenters. The minimum atomic E-state index is -3.67. The van der Waals surface area contributed by atoms with Crippen LogP contribution in [0.3, 0.4) is 0 Å². The highest BCUT2D eigenvalue weighted by Crippen LogP contribution is 2.20. The van der Waals surface area contributed by atoms with E-state index in [-0.39, 0.29) is 36.3 Å². The molecule has 1 N–H and O–H groups in total. The molecular weight excluding hydrogens is 380 g/mol. The van der Waals surface area contributed by atoms with Crippen molar-refractivity contribution in [2.75, 3.05) is 13.2 Å². The van der Waals surface area contributed by atoms with Crippen molar-refractivity contribution < 1.29 is 22.7 Å². The van der Waals surface area contributed by atoms with Gasteiger partial charge >= 0.3 is 5.97 Å². The Morgan fingerprint density at radius 2 is 1.79 bits per heavy atom. The molecule has 2 rings (SSSR count). The molecule has 28 heavy (non-hydrogen) atoms. The Morgan fingerprint density at radius 3 is 2.36 bits per heavy atom. The summed E-state index contributed by atoms with van der Waals surface area (Å²) >= 11 is 0. The van der Waals surface area contributed by atoms with E-state index in [1.54, 1.807) is 24.3 Å². The lowest BCUT2D eigenvalue weighted by Crippen LogP contribution is -2.27. The standard InChI is InChI=1S/C20H26N2O5S/c1-14(2)22-15(3)12-18(16(22)4)19(23)13-27-20(24)10-11-21-28(25,26)17-8-6-5-7-9-17/h5-9,12,14,21H,10-11,13H2,1-4H3. The van der Waals surface area contributed by atoms with Crippen LogP contribution in [0.2, 0.25) is 0 Å². The Bertz CT molecular complexity index is 946. The number of nitrogens with zero attached hydrogens (tertiary/aromatic N) is 1. The molecule has 2 aromatic rings. The van der Waals surface area contributed by atoms with Crippen LogP contribution in [0.1, 0.15) is 48.1 Å². The van der Waals surface area contributed by atoms with Gasteiger partial charge in [-0.3, -0.25) is 9.59 Å². The molecule has 8 heteroatoms. The van der Waals surface area contributed by atoms with Crippen LogP contribution in [0.4, 0.5) is 0 Å². The van der Waals surface area contributed by atoms with E-state index in [1.807, 2.05) is 32.3 Å². The van der Waals surface area contributed by atoms with Crippen LogP contribution in [-0.4, -0.2) is 37.9 Å². The Hall–Kier alpha value is -2.45. The van der Waals surface area contributed by atoms with E-state index in [1.165, 1.54) is 12.1 Å². The zero-order valence-corrected chi connectivity index (χ0v) is 17.4. The second-order valence-electron chi connectivity index (χ2n) is 6.79. The third-order valence-corrected chi connectivity index (χ3v) is 5.82. The summed E-state index contributed by atoms with van der Waals surface area (Å²) in [6.07, 6.45) is -0.162. The van der Waals surface area contributed by atoms with E-state index in [0.717, 1.165) is 11.4 Å². The second-order valence-corrected chi connectivity index (χ2v) is 8.56. The number of hydrogen-bond donors (Lipinski definition) is 1. The van der Waals surface area contributed by atoms with Gasteiger partial charge in [-0.25, -0.2) is 13.1 Å². The number of aryl methyl sites for hydroxylation is 1. The fourth-order valence-corrected chi connectivity index (χ4v) is 4.17. The van der Waals surface area contributed by atoms with Crippen LogP contribution >= 0.6 is 0 Å². The summed E-state index contributed by atoms with van der Waals surface area (Å²) < 4.78 is 33.5. The summed E-state index contributed by atoms with van der Waals surface area (Å²) in [5.41, 5.74) is 2.34. The van der Waals surface area contributed by atoms with E-state index >= 15 is 0 Å². The monoisotopic (exact) mass is 406 g/mol. The van der Waals surface area contributed by atoms with Crippen molar-refractivity contribution in [1.82, 2.24) is 9.29 Å². The van der Waals surface area contributed by atoms with Crippen LogP contribution in [0, 0.1) is 13.8 Å². The van der Waals surface area contributed by atoms with Gasteiger partial charge in [-0.1, -0.05) is 18.2 Å². The highest BCUT2D eigenvalue weighted by atomic mass is 32.2. The van der Waals surface area contributed by atoms with Crippen molar-refractivity contribution in [3.05, 3.63) is 53.3 Å². The predicted molar refractivity (Wildman–Crippen MR) is 106 cm³/mol. The lowest BCUT2D eigenvalue weighted by Gasteiger charge is -2.13. The number of Topliss-reactive ketones (excluding diaryl/α,β-unsaturated/α-hetero) is 1. The molecule has 0 unspecified atom stereocenters. The Balaban J connectivity index is 1.85. The Morgan fingerprint density at radius 1 is 1.14 bits per heavy atom. The molecule has 1 aromatic heterocycles. The molecule has 0 spiro atoms. The quantitative estimate of drug-likeness (QED) is 0.510. The first-order chi connectivity index (χ1) is 13.1. The highest BCUT2D eigenvalue weighted by molar-refractivity contribution is 7.89. The van der Waals surface area contributed by atoms with Gasteiger partial charge in [0.1, 0.15) is 0 Å². The molecule has 0 radical (unpaired) electrons. The van der Waals surface area contributed by atoms with Gasteiger partial charge in [-0.2, -0.15) is 0 Å². The van der Waals surface area contributed by atoms with Gasteiger partial charge in [-0.05, 0) is 45.9 Å². The zero-order chi connectivity index (χ0) is 20.9. The molecule has 0 saturated heterocycles. The van der Waals surface area contributed by atoms with Crippen LogP contribution in [0.5, 0.6) is 0 Å². The average Bonchev–Trinajstić information content (AvgIpc) is 2.94. The number of sulfonamides is 1. The molecule has 0 saturated carbocycles. The fraction of sp³-hybridized carbons (Fsp3) is 0.400. The van der Waals surface area contributed by atoms with E-state index in [4.69, 9.17) is 4.74 Å². The van der Waals surface area contributed by atoms with Crippen LogP contribution in [-0.2, 0) is 19.6 Å². The predicted octanol–water partition coefficient (Wildman–Crippen LogP) is 2.78. The van der Waals surface area contributed by atoms with Crippen molar-refractivity contribution in [3.63, 3.8) is 0 Å². The minimum absolute atomic E-state index is 0.105. The number of ketones is 1. The number of carbonyl (C=O) groups is 2. The number of carbonyl (C=O) groups excluding carboxylic acids is 2. The molecule has 0 aliphatic carbocycles. The summed E-state index contributed by atoms with van der Waals surface area (Å²) in [4.78, 5) is 24.4. The number of rotatable bonds is 9. The average molecular weight is 407 g/mol. The molecule has 0 aliphatic heterocycles. The van der Waals surface area contributed by atoms with E-state index < -0.39 is 16.0 Å². The van der Waals surface area contributed by atoms with Crippen molar-refractivity contribution in [3.8, 4) is 0 Å². The molecule has 152 valence electrons. The topological polar surface area (TPSA) is 94.5 Å². The first kappa shape index (κ1) is 21.8. The first-order valence-electron chi connectivity index (χ1n) is 9.05. The van der Waals surface area contributed by atoms with Crippen LogP contribution in [0.15, 0.2) is 41.3 Å². The van der Waals surface area contributed by atoms with Gasteiger partial charge < -0.3 is 9.30 Å². The van der Waals surface area contributed by atoms with Gasteiger partial charge in [0.25, 0.3) is 0 Å². The normalized spacial score (nSPS) is 11.6. The summed E-state index contributed by atoms with van der Waals surface area (Å²) in [6.45, 7) is 7.38. The summed E-state index contributed by atoms with van der Waals surface area (Å²) in [5, 5.41) is 0. The molecule has 0 fully saturated rings. The van der Waals surface area contributed by atoms with E-state index in [0.29, 0.717) is 5.56 Å². The molecule has 0 amide bonds. The van der Waals surface area contributed by atoms with Crippen LogP contribution in [0.25, 0.3) is 0 Å². The number of aromatic nitrogens is 1. The molecule has 7 nitrogen and oxygen atoms in total. The maximum absolute atomic E-state index is 12.4. The largest absolute Gasteiger partial charge is 0.457 e. The second kappa shape index (κ2) is 9.16. The van der Waals surface area contributed by atoms with Gasteiger partial charge in [0.2, 0.25) is 15.8 Å². The smallest absolute Gasteiger partial charge is 0.307 e. The van der Waals surface area contributed by atoms with Crippen molar-refractivity contribution >= 4 is 21.8 Å². The Labute approximate surface area is 165 Å². The third kappa shape index (κ3) is 5.30. The minimum Gasteiger partial charge on any atom is -0.457 e. The maximum atomic E-state index is 12.4. The summed E-state index contributed by atoms with van der Waals surface area (Å²) in [5.74, 6) is -0.917. The van der Waals surface area contributed by atoms with E-state index in [2.05, 4.69) is 4.72 Å². The molecule has 1 heterocycles. The lowest BCUT2D eigenvalue weighted by molar-refractivity contribution is -0.142. The van der Waals surface area contributed by atoms with Crippen molar-refractivity contribution in [2.24, 2.45) is 0 Å². The zero-order valence-electron chi connectivity index (χ0n) is 16.6. The summed E-state index contributed by atoms with van der Waals surface area (Å²) in [6, 6.07) is 9.89. The van der Waals surface area contributed by atoms with Gasteiger partial charge in [0, 0.05) is 29.5 Å². The lowest BCUT2D eigenvalue weighted by atomic mass is 10.1. The molecule has 1 aromatic carbocycles. The number of esters is 1. The van der Waals surface area contributed by atoms with Gasteiger partial charge in [-0.15, -0.1) is 0 Å². The first-order valence-corrected chi connectivity index (χ1v) is 10.5. The molecule has 0 bridgehead atoms. The van der Waals surface area contributed by atoms with Crippen LogP contribution < -0.4 is 4.72 Å². The highest BCUT2D eigenvalue weighted by Gasteiger charge is 2.19. The number of ether oxygens (including phenoxy) is 1. The number of benzene rings is 1. The van der Waals surface area contributed by atoms with Gasteiger partial charge in [0.15, 0.2) is 6.61 Å². The Kier molecular flexibility index (Phi) is 7.15. The SMILES string of the molecule is Cc1cc(C(=O)COC(=O)CCNS(=O)(=O)c2ccccc2)c(C)n1C(C)C. The van der Waals surface area contributed by atoms with Crippen molar-refractivity contribution in [1.29, 1.82) is 0 Å². The maximum Gasteiger partial charge on any atom is 0.307 e. The van der Waals surface area contributed by atoms with Crippen molar-refractivity contribution in [2.45, 2.75) is 45.1 Å². The molecular formula is C20H26N2O5S. The third-order valence-electron chi connectivity index (χ3n) is 4.34. The van der Waals surface area contributed by atoms with E-state index in [9.17, 15) is 18.0 Å². The fourth-order valence-electron chi connectivity index (χ4n) is 3.12. The number of hydrogen-bond acceptors (Lipinski definition) is 5. The molecule has 0 aliphatic rings. The summed E-state index contributed by atoms with van der Waals surface area (Å²) in [7, 11) is -3.67. The number of nitrogens with one attached hydrogen (secondary N) is 1. The van der Waals surface area contributed by atoms with Gasteiger partial charge in [0.05, 0.1) is 11.3 Å².